The molecule has 0 bridgehead atoms. The molecule has 0 aromatic heterocycles. The predicted octanol–water partition coefficient (Wildman–Crippen LogP) is 7.00. The van der Waals surface area contributed by atoms with Gasteiger partial charge in [0, 0.05) is 0 Å². The average molecular weight is 326 g/mol. The van der Waals surface area contributed by atoms with E-state index in [1.807, 2.05) is 11.1 Å². The van der Waals surface area contributed by atoms with E-state index in [2.05, 4.69) is 48.7 Å². The third kappa shape index (κ3) is 2.83. The van der Waals surface area contributed by atoms with Crippen LogP contribution in [0.15, 0.2) is 22.8 Å². The molecule has 0 saturated heterocycles. The molecular formula is C18H34SiTi. The van der Waals surface area contributed by atoms with Gasteiger partial charge in [0.2, 0.25) is 0 Å². The van der Waals surface area contributed by atoms with E-state index in [0.717, 1.165) is 0 Å². The first kappa shape index (κ1) is 16.8. The number of allylic oxidation sites excluding steroid dienone is 4. The second kappa shape index (κ2) is 5.56. The second-order valence-corrected chi connectivity index (χ2v) is 22.9. The normalized spacial score (nSPS) is 27.6. The maximum absolute atomic E-state index is 2.68. The predicted molar refractivity (Wildman–Crippen MR) is 92.3 cm³/mol. The summed E-state index contributed by atoms with van der Waals surface area (Å²) >= 11 is -1.79. The van der Waals surface area contributed by atoms with Crippen molar-refractivity contribution in [2.45, 2.75) is 84.1 Å². The van der Waals surface area contributed by atoms with Crippen LogP contribution >= 0.6 is 0 Å². The Balaban J connectivity index is 2.42. The van der Waals surface area contributed by atoms with Gasteiger partial charge in [-0.15, -0.1) is 0 Å². The Kier molecular flexibility index (Phi) is 4.66. The van der Waals surface area contributed by atoms with E-state index >= 15 is 0 Å². The van der Waals surface area contributed by atoms with Gasteiger partial charge in [-0.3, -0.25) is 0 Å². The molecule has 2 heteroatoms. The first-order valence-corrected chi connectivity index (χ1v) is 17.4. The molecule has 1 atom stereocenters. The molecule has 2 rings (SSSR count). The van der Waals surface area contributed by atoms with Crippen LogP contribution in [-0.2, 0) is 16.6 Å². The molecule has 2 aliphatic carbocycles. The van der Waals surface area contributed by atoms with Crippen LogP contribution in [0.2, 0.25) is 44.6 Å². The van der Waals surface area contributed by atoms with E-state index in [4.69, 9.17) is 0 Å². The monoisotopic (exact) mass is 326 g/mol. The van der Waals surface area contributed by atoms with Gasteiger partial charge < -0.3 is 0 Å². The number of hydrogen-bond acceptors (Lipinski definition) is 0. The quantitative estimate of drug-likeness (QED) is 0.488. The van der Waals surface area contributed by atoms with Gasteiger partial charge in [0.25, 0.3) is 0 Å². The fourth-order valence-corrected chi connectivity index (χ4v) is 9.64. The van der Waals surface area contributed by atoms with Crippen LogP contribution in [-0.4, -0.2) is 8.07 Å². The minimum absolute atomic E-state index is 0.509. The van der Waals surface area contributed by atoms with Gasteiger partial charge in [0.05, 0.1) is 0 Å². The Morgan fingerprint density at radius 1 is 1.15 bits per heavy atom. The van der Waals surface area contributed by atoms with E-state index < -0.39 is 24.7 Å². The van der Waals surface area contributed by atoms with Crippen molar-refractivity contribution in [3.8, 4) is 0 Å². The molecule has 114 valence electrons. The summed E-state index contributed by atoms with van der Waals surface area (Å²) in [7, 11) is -1.04. The van der Waals surface area contributed by atoms with Gasteiger partial charge in [-0.1, -0.05) is 0 Å². The van der Waals surface area contributed by atoms with Crippen molar-refractivity contribution in [1.82, 2.24) is 0 Å². The van der Waals surface area contributed by atoms with Crippen LogP contribution in [0.1, 0.15) is 39.5 Å². The van der Waals surface area contributed by atoms with Crippen LogP contribution in [0.25, 0.3) is 0 Å². The molecule has 0 aliphatic heterocycles. The van der Waals surface area contributed by atoms with Crippen molar-refractivity contribution < 1.29 is 16.6 Å². The summed E-state index contributed by atoms with van der Waals surface area (Å²) in [6.07, 6.45) is 8.28. The summed E-state index contributed by atoms with van der Waals surface area (Å²) in [6, 6.07) is 2.86. The molecule has 0 nitrogen and oxygen atoms in total. The minimum atomic E-state index is -1.79. The molecule has 0 heterocycles. The van der Waals surface area contributed by atoms with Crippen molar-refractivity contribution in [3.63, 3.8) is 0 Å². The van der Waals surface area contributed by atoms with Crippen molar-refractivity contribution in [2.75, 3.05) is 0 Å². The van der Waals surface area contributed by atoms with E-state index in [-0.39, 0.29) is 0 Å². The summed E-state index contributed by atoms with van der Waals surface area (Å²) < 4.78 is 0.509. The molecule has 0 N–H and O–H groups in total. The van der Waals surface area contributed by atoms with Crippen LogP contribution in [0, 0.1) is 0 Å². The van der Waals surface area contributed by atoms with Crippen LogP contribution in [0.3, 0.4) is 0 Å². The Labute approximate surface area is 131 Å². The SMILES string of the molecule is CC[Si](C)(C)CC1=CC2=C(CCCC2)[C]1(C)[Ti]([CH3])([CH3])[CH3]. The molecule has 0 spiro atoms. The molecule has 0 amide bonds. The van der Waals surface area contributed by atoms with Gasteiger partial charge in [0.15, 0.2) is 0 Å². The van der Waals surface area contributed by atoms with Crippen LogP contribution in [0.5, 0.6) is 0 Å². The van der Waals surface area contributed by atoms with Gasteiger partial charge in [0.1, 0.15) is 0 Å². The zero-order valence-corrected chi connectivity index (χ0v) is 17.4. The van der Waals surface area contributed by atoms with Gasteiger partial charge in [-0.05, 0) is 0 Å². The first-order chi connectivity index (χ1) is 9.12. The Bertz CT molecular complexity index is 451. The molecule has 1 unspecified atom stereocenters. The summed E-state index contributed by atoms with van der Waals surface area (Å²) in [5.74, 6) is 0. The van der Waals surface area contributed by atoms with Crippen LogP contribution in [0.4, 0.5) is 0 Å². The van der Waals surface area contributed by atoms with E-state index in [1.54, 1.807) is 5.57 Å². The van der Waals surface area contributed by atoms with Crippen LogP contribution < -0.4 is 0 Å². The summed E-state index contributed by atoms with van der Waals surface area (Å²) in [6.45, 7) is 10.2. The summed E-state index contributed by atoms with van der Waals surface area (Å²) in [5, 5.41) is 7.91. The molecule has 0 saturated carbocycles. The Hall–Kier alpha value is 0.411. The standard InChI is InChI=1S/C15H25Si.3CH3.Ti/c1-5-16(3,4)11-14-10-13-8-6-7-9-15(13)12(14)2;;;;/h10H,5-9,11H2,1-4H3;3*1H3;. The van der Waals surface area contributed by atoms with Crippen molar-refractivity contribution in [1.29, 1.82) is 0 Å². The molecular weight excluding hydrogens is 292 g/mol. The molecule has 0 fully saturated rings. The third-order valence-electron chi connectivity index (χ3n) is 6.23. The van der Waals surface area contributed by atoms with E-state index in [9.17, 15) is 0 Å². The van der Waals surface area contributed by atoms with Gasteiger partial charge in [-0.25, -0.2) is 0 Å². The Morgan fingerprint density at radius 3 is 2.30 bits per heavy atom. The number of hydrogen-bond donors (Lipinski definition) is 0. The van der Waals surface area contributed by atoms with Gasteiger partial charge in [-0.2, -0.15) is 0 Å². The van der Waals surface area contributed by atoms with Crippen molar-refractivity contribution in [3.05, 3.63) is 22.8 Å². The molecule has 2 aliphatic rings. The fraction of sp³-hybridized carbons (Fsp3) is 0.778. The van der Waals surface area contributed by atoms with E-state index in [0.29, 0.717) is 3.72 Å². The summed E-state index contributed by atoms with van der Waals surface area (Å²) in [5.41, 5.74) is 5.50. The average Bonchev–Trinajstić information content (AvgIpc) is 2.63. The zero-order valence-electron chi connectivity index (χ0n) is 14.8. The fourth-order valence-electron chi connectivity index (χ4n) is 4.01. The molecule has 20 heavy (non-hydrogen) atoms. The zero-order chi connectivity index (χ0) is 15.2. The third-order valence-corrected chi connectivity index (χ3v) is 15.1. The maximum atomic E-state index is 2.68. The van der Waals surface area contributed by atoms with Crippen molar-refractivity contribution >= 4 is 8.07 Å². The molecule has 0 radical (unpaired) electrons. The molecule has 0 aromatic carbocycles. The number of rotatable bonds is 4. The topological polar surface area (TPSA) is 0 Å². The van der Waals surface area contributed by atoms with Gasteiger partial charge >= 0.3 is 132 Å². The van der Waals surface area contributed by atoms with Crippen molar-refractivity contribution in [2.24, 2.45) is 0 Å². The second-order valence-electron chi connectivity index (χ2n) is 8.95. The Morgan fingerprint density at radius 2 is 1.75 bits per heavy atom. The molecule has 0 aromatic rings. The van der Waals surface area contributed by atoms with E-state index in [1.165, 1.54) is 37.8 Å². The summed E-state index contributed by atoms with van der Waals surface area (Å²) in [4.78, 5) is 0. The first-order valence-electron chi connectivity index (χ1n) is 8.55.